The Bertz CT molecular complexity index is 1010. The van der Waals surface area contributed by atoms with Crippen molar-refractivity contribution in [2.75, 3.05) is 6.54 Å². The van der Waals surface area contributed by atoms with Gasteiger partial charge in [0.15, 0.2) is 0 Å². The fourth-order valence-electron chi connectivity index (χ4n) is 2.86. The summed E-state index contributed by atoms with van der Waals surface area (Å²) < 4.78 is 38.2. The SMILES string of the molecule is Cc1cc(-c2ccc(C(F)(F)F)cn2)[nH]c1C(=O)NC(CCN)c1nc(CO)cs1. The zero-order chi connectivity index (χ0) is 21.9. The smallest absolute Gasteiger partial charge is 0.390 e. The molecule has 5 N–H and O–H groups in total. The van der Waals surface area contributed by atoms with Crippen LogP contribution in [0.25, 0.3) is 11.4 Å². The van der Waals surface area contributed by atoms with E-state index >= 15 is 0 Å². The summed E-state index contributed by atoms with van der Waals surface area (Å²) in [6, 6.07) is 3.41. The number of rotatable bonds is 7. The molecular formula is C19H20F3N5O2S. The molecule has 160 valence electrons. The van der Waals surface area contributed by atoms with E-state index in [1.165, 1.54) is 17.4 Å². The maximum atomic E-state index is 12.8. The zero-order valence-corrected chi connectivity index (χ0v) is 16.8. The standard InChI is InChI=1S/C19H20F3N5O2S/c1-10-6-15(13-3-2-11(7-24-13)19(20,21)22)26-16(10)17(29)27-14(4-5-23)18-25-12(8-28)9-30-18/h2-3,6-7,9,14,26,28H,4-5,8,23H2,1H3,(H,27,29). The third kappa shape index (κ3) is 4.86. The summed E-state index contributed by atoms with van der Waals surface area (Å²) >= 11 is 1.32. The Hall–Kier alpha value is -2.76. The molecular weight excluding hydrogens is 419 g/mol. The number of aromatic amines is 1. The van der Waals surface area contributed by atoms with Gasteiger partial charge in [-0.05, 0) is 43.7 Å². The molecule has 0 saturated heterocycles. The summed E-state index contributed by atoms with van der Waals surface area (Å²) in [6.45, 7) is 1.84. The van der Waals surface area contributed by atoms with Crippen molar-refractivity contribution in [1.29, 1.82) is 0 Å². The van der Waals surface area contributed by atoms with E-state index in [2.05, 4.69) is 20.3 Å². The largest absolute Gasteiger partial charge is 0.417 e. The molecule has 3 aromatic heterocycles. The minimum atomic E-state index is -4.47. The first-order chi connectivity index (χ1) is 14.2. The second-order valence-corrected chi connectivity index (χ2v) is 7.50. The van der Waals surface area contributed by atoms with Gasteiger partial charge < -0.3 is 21.1 Å². The molecule has 0 aliphatic carbocycles. The van der Waals surface area contributed by atoms with Gasteiger partial charge in [0, 0.05) is 11.6 Å². The van der Waals surface area contributed by atoms with E-state index in [9.17, 15) is 23.1 Å². The van der Waals surface area contributed by atoms with Crippen molar-refractivity contribution in [2.45, 2.75) is 32.2 Å². The first kappa shape index (κ1) is 21.9. The van der Waals surface area contributed by atoms with Crippen LogP contribution in [0.4, 0.5) is 13.2 Å². The zero-order valence-electron chi connectivity index (χ0n) is 16.0. The second kappa shape index (κ2) is 8.94. The number of halogens is 3. The Morgan fingerprint density at radius 2 is 2.17 bits per heavy atom. The lowest BCUT2D eigenvalue weighted by molar-refractivity contribution is -0.137. The first-order valence-electron chi connectivity index (χ1n) is 9.02. The maximum absolute atomic E-state index is 12.8. The molecule has 11 heteroatoms. The number of aryl methyl sites for hydroxylation is 1. The van der Waals surface area contributed by atoms with E-state index < -0.39 is 23.7 Å². The molecule has 1 unspecified atom stereocenters. The monoisotopic (exact) mass is 439 g/mol. The predicted octanol–water partition coefficient (Wildman–Crippen LogP) is 3.17. The van der Waals surface area contributed by atoms with Crippen LogP contribution < -0.4 is 11.1 Å². The van der Waals surface area contributed by atoms with E-state index in [0.717, 1.165) is 12.3 Å². The fourth-order valence-corrected chi connectivity index (χ4v) is 3.76. The lowest BCUT2D eigenvalue weighted by Gasteiger charge is -2.15. The Kier molecular flexibility index (Phi) is 6.54. The van der Waals surface area contributed by atoms with Crippen molar-refractivity contribution < 1.29 is 23.1 Å². The third-order valence-electron chi connectivity index (χ3n) is 4.40. The number of carbonyl (C=O) groups excluding carboxylic acids is 1. The number of aliphatic hydroxyl groups is 1. The molecule has 1 amide bonds. The number of hydrogen-bond acceptors (Lipinski definition) is 6. The van der Waals surface area contributed by atoms with Gasteiger partial charge in [0.1, 0.15) is 10.7 Å². The topological polar surface area (TPSA) is 117 Å². The van der Waals surface area contributed by atoms with Crippen molar-refractivity contribution in [3.8, 4) is 11.4 Å². The number of nitrogens with two attached hydrogens (primary N) is 1. The van der Waals surface area contributed by atoms with Gasteiger partial charge in [0.2, 0.25) is 0 Å². The summed E-state index contributed by atoms with van der Waals surface area (Å²) in [6.07, 6.45) is -3.26. The Labute approximate surface area is 174 Å². The third-order valence-corrected chi connectivity index (χ3v) is 5.41. The van der Waals surface area contributed by atoms with Crippen molar-refractivity contribution >= 4 is 17.2 Å². The number of nitrogens with one attached hydrogen (secondary N) is 2. The van der Waals surface area contributed by atoms with Gasteiger partial charge in [-0.15, -0.1) is 11.3 Å². The minimum Gasteiger partial charge on any atom is -0.390 e. The Morgan fingerprint density at radius 3 is 2.73 bits per heavy atom. The summed E-state index contributed by atoms with van der Waals surface area (Å²) in [5, 5.41) is 14.4. The predicted molar refractivity (Wildman–Crippen MR) is 106 cm³/mol. The summed E-state index contributed by atoms with van der Waals surface area (Å²) in [5.41, 5.74) is 6.93. The highest BCUT2D eigenvalue weighted by Crippen LogP contribution is 2.30. The van der Waals surface area contributed by atoms with Crippen molar-refractivity contribution in [2.24, 2.45) is 5.73 Å². The highest BCUT2D eigenvalue weighted by Gasteiger charge is 2.30. The molecule has 0 aliphatic heterocycles. The van der Waals surface area contributed by atoms with E-state index in [1.807, 2.05) is 0 Å². The van der Waals surface area contributed by atoms with Crippen LogP contribution in [0.5, 0.6) is 0 Å². The highest BCUT2D eigenvalue weighted by atomic mass is 32.1. The fraction of sp³-hybridized carbons (Fsp3) is 0.316. The summed E-state index contributed by atoms with van der Waals surface area (Å²) in [5.74, 6) is -0.398. The second-order valence-electron chi connectivity index (χ2n) is 6.61. The van der Waals surface area contributed by atoms with E-state index in [-0.39, 0.29) is 18.0 Å². The van der Waals surface area contributed by atoms with Crippen LogP contribution in [0.3, 0.4) is 0 Å². The normalized spacial score (nSPS) is 12.7. The summed E-state index contributed by atoms with van der Waals surface area (Å²) in [7, 11) is 0. The molecule has 1 atom stereocenters. The number of thiazole rings is 1. The van der Waals surface area contributed by atoms with Gasteiger partial charge in [0.25, 0.3) is 5.91 Å². The molecule has 0 radical (unpaired) electrons. The van der Waals surface area contributed by atoms with Gasteiger partial charge in [-0.1, -0.05) is 0 Å². The molecule has 0 saturated carbocycles. The number of pyridine rings is 1. The molecule has 3 heterocycles. The van der Waals surface area contributed by atoms with Gasteiger partial charge in [-0.3, -0.25) is 9.78 Å². The van der Waals surface area contributed by atoms with Crippen LogP contribution in [0.1, 0.15) is 44.8 Å². The number of aliphatic hydroxyl groups excluding tert-OH is 1. The van der Waals surface area contributed by atoms with Crippen LogP contribution in [0, 0.1) is 6.92 Å². The van der Waals surface area contributed by atoms with Crippen LogP contribution in [-0.2, 0) is 12.8 Å². The van der Waals surface area contributed by atoms with Crippen LogP contribution in [0.2, 0.25) is 0 Å². The average Bonchev–Trinajstić information content (AvgIpc) is 3.34. The number of nitrogens with zero attached hydrogens (tertiary/aromatic N) is 2. The minimum absolute atomic E-state index is 0.195. The van der Waals surface area contributed by atoms with Crippen LogP contribution in [0.15, 0.2) is 29.8 Å². The quantitative estimate of drug-likeness (QED) is 0.451. The number of amides is 1. The lowest BCUT2D eigenvalue weighted by Crippen LogP contribution is -2.30. The molecule has 0 fully saturated rings. The van der Waals surface area contributed by atoms with E-state index in [0.29, 0.717) is 34.9 Å². The van der Waals surface area contributed by atoms with Gasteiger partial charge in [-0.2, -0.15) is 13.2 Å². The molecule has 3 aromatic rings. The molecule has 3 rings (SSSR count). The summed E-state index contributed by atoms with van der Waals surface area (Å²) in [4.78, 5) is 23.9. The number of H-pyrrole nitrogens is 1. The molecule has 0 bridgehead atoms. The highest BCUT2D eigenvalue weighted by molar-refractivity contribution is 7.09. The maximum Gasteiger partial charge on any atom is 0.417 e. The molecule has 7 nitrogen and oxygen atoms in total. The van der Waals surface area contributed by atoms with E-state index in [4.69, 9.17) is 5.73 Å². The average molecular weight is 439 g/mol. The number of carbonyl (C=O) groups is 1. The Balaban J connectivity index is 1.80. The van der Waals surface area contributed by atoms with Crippen molar-refractivity contribution in [3.05, 3.63) is 57.3 Å². The van der Waals surface area contributed by atoms with Crippen molar-refractivity contribution in [3.63, 3.8) is 0 Å². The number of hydrogen-bond donors (Lipinski definition) is 4. The van der Waals surface area contributed by atoms with Crippen LogP contribution in [-0.4, -0.2) is 32.5 Å². The molecule has 0 aliphatic rings. The molecule has 0 spiro atoms. The van der Waals surface area contributed by atoms with Gasteiger partial charge >= 0.3 is 6.18 Å². The van der Waals surface area contributed by atoms with E-state index in [1.54, 1.807) is 18.4 Å². The lowest BCUT2D eigenvalue weighted by atomic mass is 10.2. The first-order valence-corrected chi connectivity index (χ1v) is 9.90. The van der Waals surface area contributed by atoms with Gasteiger partial charge in [-0.25, -0.2) is 4.98 Å². The number of alkyl halides is 3. The molecule has 0 aromatic carbocycles. The van der Waals surface area contributed by atoms with Crippen molar-refractivity contribution in [1.82, 2.24) is 20.3 Å². The van der Waals surface area contributed by atoms with Gasteiger partial charge in [0.05, 0.1) is 35.3 Å². The number of aromatic nitrogens is 3. The molecule has 30 heavy (non-hydrogen) atoms. The Morgan fingerprint density at radius 1 is 1.40 bits per heavy atom. The van der Waals surface area contributed by atoms with Crippen LogP contribution >= 0.6 is 11.3 Å².